The maximum absolute atomic E-state index is 9.36. The minimum atomic E-state index is -0.352. The van der Waals surface area contributed by atoms with Gasteiger partial charge in [-0.1, -0.05) is 13.0 Å². The van der Waals surface area contributed by atoms with Crippen LogP contribution in [0, 0.1) is 5.92 Å². The van der Waals surface area contributed by atoms with E-state index in [0.29, 0.717) is 5.92 Å². The molecule has 0 saturated carbocycles. The van der Waals surface area contributed by atoms with E-state index in [-0.39, 0.29) is 18.3 Å². The van der Waals surface area contributed by atoms with Gasteiger partial charge in [-0.2, -0.15) is 0 Å². The molecule has 0 spiro atoms. The molecule has 4 atom stereocenters. The fraction of sp³-hybridized carbons (Fsp3) is 0.800. The molecule has 0 unspecified atom stereocenters. The van der Waals surface area contributed by atoms with Gasteiger partial charge in [-0.3, -0.25) is 0 Å². The average molecular weight is 170 g/mol. The molecule has 70 valence electrons. The Morgan fingerprint density at radius 3 is 2.83 bits per heavy atom. The van der Waals surface area contributed by atoms with Crippen LogP contribution < -0.4 is 0 Å². The van der Waals surface area contributed by atoms with Crippen LogP contribution in [0.4, 0.5) is 0 Å². The van der Waals surface area contributed by atoms with E-state index in [1.807, 2.05) is 6.08 Å². The lowest BCUT2D eigenvalue weighted by Crippen LogP contribution is -2.27. The standard InChI is InChI=1S/C10H18O2/c1-4-5-9-6-7(2)10(12-9)8(3)11/h4,7-11H,1,5-6H2,2-3H3/t7-,8+,9-,10-/m1/s1. The van der Waals surface area contributed by atoms with Crippen LogP contribution in [0.1, 0.15) is 26.7 Å². The topological polar surface area (TPSA) is 29.5 Å². The molecule has 0 aromatic carbocycles. The maximum Gasteiger partial charge on any atom is 0.0861 e. The summed E-state index contributed by atoms with van der Waals surface area (Å²) in [5.74, 6) is 0.468. The van der Waals surface area contributed by atoms with Gasteiger partial charge < -0.3 is 9.84 Å². The van der Waals surface area contributed by atoms with Crippen LogP contribution in [0.3, 0.4) is 0 Å². The van der Waals surface area contributed by atoms with Crippen molar-refractivity contribution in [3.63, 3.8) is 0 Å². The van der Waals surface area contributed by atoms with E-state index >= 15 is 0 Å². The van der Waals surface area contributed by atoms with Crippen molar-refractivity contribution in [3.8, 4) is 0 Å². The van der Waals surface area contributed by atoms with Crippen molar-refractivity contribution < 1.29 is 9.84 Å². The lowest BCUT2D eigenvalue weighted by atomic mass is 9.98. The molecule has 1 aliphatic rings. The minimum Gasteiger partial charge on any atom is -0.391 e. The number of hydrogen-bond acceptors (Lipinski definition) is 2. The molecule has 0 radical (unpaired) electrons. The first kappa shape index (κ1) is 9.75. The summed E-state index contributed by atoms with van der Waals surface area (Å²) in [6, 6.07) is 0. The molecule has 2 nitrogen and oxygen atoms in total. The smallest absolute Gasteiger partial charge is 0.0861 e. The van der Waals surface area contributed by atoms with E-state index in [0.717, 1.165) is 12.8 Å². The fourth-order valence-electron chi connectivity index (χ4n) is 1.89. The van der Waals surface area contributed by atoms with Crippen LogP contribution in [0.25, 0.3) is 0 Å². The lowest BCUT2D eigenvalue weighted by Gasteiger charge is -2.17. The number of aliphatic hydroxyl groups is 1. The van der Waals surface area contributed by atoms with Crippen LogP contribution in [0.2, 0.25) is 0 Å². The molecular formula is C10H18O2. The van der Waals surface area contributed by atoms with E-state index in [1.54, 1.807) is 6.92 Å². The van der Waals surface area contributed by atoms with Crippen molar-refractivity contribution in [1.29, 1.82) is 0 Å². The SMILES string of the molecule is C=CC[C@@H]1C[C@@H](C)[C@H]([C@H](C)O)O1. The first-order chi connectivity index (χ1) is 5.65. The molecule has 1 fully saturated rings. The van der Waals surface area contributed by atoms with E-state index in [4.69, 9.17) is 4.74 Å². The minimum absolute atomic E-state index is 0.0231. The Hall–Kier alpha value is -0.340. The van der Waals surface area contributed by atoms with Crippen molar-refractivity contribution in [2.24, 2.45) is 5.92 Å². The highest BCUT2D eigenvalue weighted by atomic mass is 16.5. The second-order valence-corrected chi connectivity index (χ2v) is 3.70. The molecular weight excluding hydrogens is 152 g/mol. The highest BCUT2D eigenvalue weighted by Crippen LogP contribution is 2.29. The third-order valence-corrected chi connectivity index (χ3v) is 2.45. The first-order valence-electron chi connectivity index (χ1n) is 4.59. The van der Waals surface area contributed by atoms with Crippen molar-refractivity contribution >= 4 is 0 Å². The van der Waals surface area contributed by atoms with Gasteiger partial charge in [0.15, 0.2) is 0 Å². The number of rotatable bonds is 3. The third kappa shape index (κ3) is 2.08. The van der Waals surface area contributed by atoms with Crippen LogP contribution in [0.5, 0.6) is 0 Å². The summed E-state index contributed by atoms with van der Waals surface area (Å²) in [6.45, 7) is 7.59. The third-order valence-electron chi connectivity index (χ3n) is 2.45. The maximum atomic E-state index is 9.36. The van der Waals surface area contributed by atoms with E-state index in [9.17, 15) is 5.11 Å². The summed E-state index contributed by atoms with van der Waals surface area (Å²) >= 11 is 0. The second kappa shape index (κ2) is 4.06. The Kier molecular flexibility index (Phi) is 3.29. The molecule has 0 aliphatic carbocycles. The summed E-state index contributed by atoms with van der Waals surface area (Å²) in [5, 5.41) is 9.36. The van der Waals surface area contributed by atoms with Gasteiger partial charge in [0.1, 0.15) is 0 Å². The van der Waals surface area contributed by atoms with Gasteiger partial charge in [-0.25, -0.2) is 0 Å². The Labute approximate surface area is 74.2 Å². The average Bonchev–Trinajstić information content (AvgIpc) is 2.32. The Morgan fingerprint density at radius 2 is 2.42 bits per heavy atom. The van der Waals surface area contributed by atoms with Crippen molar-refractivity contribution in [2.45, 2.75) is 45.0 Å². The number of hydrogen-bond donors (Lipinski definition) is 1. The summed E-state index contributed by atoms with van der Waals surface area (Å²) in [4.78, 5) is 0. The molecule has 12 heavy (non-hydrogen) atoms. The summed E-state index contributed by atoms with van der Waals surface area (Å²) < 4.78 is 5.65. The highest BCUT2D eigenvalue weighted by Gasteiger charge is 2.34. The molecule has 1 N–H and O–H groups in total. The predicted molar refractivity (Wildman–Crippen MR) is 48.9 cm³/mol. The summed E-state index contributed by atoms with van der Waals surface area (Å²) in [5.41, 5.74) is 0. The van der Waals surface area contributed by atoms with Gasteiger partial charge >= 0.3 is 0 Å². The largest absolute Gasteiger partial charge is 0.391 e. The van der Waals surface area contributed by atoms with Crippen LogP contribution in [-0.2, 0) is 4.74 Å². The van der Waals surface area contributed by atoms with E-state index in [1.165, 1.54) is 0 Å². The number of ether oxygens (including phenoxy) is 1. The normalized spacial score (nSPS) is 38.1. The Bertz CT molecular complexity index is 154. The number of aliphatic hydroxyl groups excluding tert-OH is 1. The van der Waals surface area contributed by atoms with Crippen LogP contribution in [0.15, 0.2) is 12.7 Å². The summed E-state index contributed by atoms with van der Waals surface area (Å²) in [7, 11) is 0. The Morgan fingerprint density at radius 1 is 1.75 bits per heavy atom. The highest BCUT2D eigenvalue weighted by molar-refractivity contribution is 4.86. The Balaban J connectivity index is 2.44. The molecule has 2 heteroatoms. The van der Waals surface area contributed by atoms with Gasteiger partial charge in [0.25, 0.3) is 0 Å². The molecule has 1 aliphatic heterocycles. The molecule has 1 heterocycles. The van der Waals surface area contributed by atoms with Crippen molar-refractivity contribution in [3.05, 3.63) is 12.7 Å². The van der Waals surface area contributed by atoms with Gasteiger partial charge in [0.2, 0.25) is 0 Å². The van der Waals surface area contributed by atoms with Crippen LogP contribution in [-0.4, -0.2) is 23.4 Å². The van der Waals surface area contributed by atoms with Gasteiger partial charge in [-0.05, 0) is 25.7 Å². The molecule has 1 rings (SSSR count). The zero-order valence-corrected chi connectivity index (χ0v) is 7.86. The molecule has 0 aromatic rings. The van der Waals surface area contributed by atoms with Crippen molar-refractivity contribution in [2.75, 3.05) is 0 Å². The van der Waals surface area contributed by atoms with Gasteiger partial charge in [0, 0.05) is 0 Å². The molecule has 0 bridgehead atoms. The fourth-order valence-corrected chi connectivity index (χ4v) is 1.89. The zero-order chi connectivity index (χ0) is 9.14. The predicted octanol–water partition coefficient (Wildman–Crippen LogP) is 1.74. The van der Waals surface area contributed by atoms with Gasteiger partial charge in [0.05, 0.1) is 18.3 Å². The molecule has 0 aromatic heterocycles. The first-order valence-corrected chi connectivity index (χ1v) is 4.59. The summed E-state index contributed by atoms with van der Waals surface area (Å²) in [6.07, 6.45) is 3.76. The van der Waals surface area contributed by atoms with Crippen molar-refractivity contribution in [1.82, 2.24) is 0 Å². The quantitative estimate of drug-likeness (QED) is 0.654. The monoisotopic (exact) mass is 170 g/mol. The van der Waals surface area contributed by atoms with E-state index < -0.39 is 0 Å². The van der Waals surface area contributed by atoms with Crippen LogP contribution >= 0.6 is 0 Å². The lowest BCUT2D eigenvalue weighted by molar-refractivity contribution is -0.0360. The molecule has 1 saturated heterocycles. The second-order valence-electron chi connectivity index (χ2n) is 3.70. The zero-order valence-electron chi connectivity index (χ0n) is 7.86. The van der Waals surface area contributed by atoms with E-state index in [2.05, 4.69) is 13.5 Å². The molecule has 0 amide bonds. The van der Waals surface area contributed by atoms with Gasteiger partial charge in [-0.15, -0.1) is 6.58 Å².